The quantitative estimate of drug-likeness (QED) is 0.467. The maximum atomic E-state index is 13.3. The third-order valence-corrected chi connectivity index (χ3v) is 6.45. The van der Waals surface area contributed by atoms with Gasteiger partial charge in [-0.2, -0.15) is 0 Å². The number of benzene rings is 1. The first-order valence-electron chi connectivity index (χ1n) is 10.6. The van der Waals surface area contributed by atoms with E-state index in [9.17, 15) is 23.9 Å². The number of hydrogen-bond donors (Lipinski definition) is 4. The number of halogens is 1. The molecule has 4 atom stereocenters. The average Bonchev–Trinajstić information content (AvgIpc) is 3.26. The lowest BCUT2D eigenvalue weighted by atomic mass is 9.85. The number of amides is 4. The number of morpholine rings is 1. The van der Waals surface area contributed by atoms with Gasteiger partial charge in [-0.25, -0.2) is 9.18 Å². The van der Waals surface area contributed by atoms with E-state index in [-0.39, 0.29) is 30.8 Å². The van der Waals surface area contributed by atoms with Gasteiger partial charge in [0.25, 0.3) is 5.91 Å². The fraction of sp³-hybridized carbons (Fsp3) is 0.571. The molecular weight excluding hydrogens is 407 g/mol. The van der Waals surface area contributed by atoms with Crippen molar-refractivity contribution in [2.75, 3.05) is 26.3 Å². The van der Waals surface area contributed by atoms with Gasteiger partial charge >= 0.3 is 6.03 Å². The summed E-state index contributed by atoms with van der Waals surface area (Å²) in [7, 11) is 0. The Bertz CT molecular complexity index is 845. The number of aliphatic hydroxyl groups excluding tert-OH is 1. The topological polar surface area (TPSA) is 120 Å². The van der Waals surface area contributed by atoms with E-state index in [1.165, 1.54) is 24.3 Å². The summed E-state index contributed by atoms with van der Waals surface area (Å²) < 4.78 is 18.7. The predicted molar refractivity (Wildman–Crippen MR) is 107 cm³/mol. The van der Waals surface area contributed by atoms with Gasteiger partial charge in [0.15, 0.2) is 0 Å². The van der Waals surface area contributed by atoms with Crippen LogP contribution in [0.2, 0.25) is 0 Å². The van der Waals surface area contributed by atoms with Crippen LogP contribution in [-0.2, 0) is 19.9 Å². The van der Waals surface area contributed by atoms with Crippen LogP contribution in [0.15, 0.2) is 24.3 Å². The molecule has 2 saturated heterocycles. The van der Waals surface area contributed by atoms with Gasteiger partial charge in [-0.1, -0.05) is 12.1 Å². The van der Waals surface area contributed by atoms with Crippen LogP contribution < -0.4 is 16.0 Å². The lowest BCUT2D eigenvalue weighted by Crippen LogP contribution is -2.51. The summed E-state index contributed by atoms with van der Waals surface area (Å²) in [6.07, 6.45) is 0.732. The highest BCUT2D eigenvalue weighted by atomic mass is 19.1. The van der Waals surface area contributed by atoms with Gasteiger partial charge in [0.1, 0.15) is 11.4 Å². The molecule has 4 N–H and O–H groups in total. The molecule has 9 nitrogen and oxygen atoms in total. The number of carbonyl (C=O) groups is 3. The SMILES string of the molecule is O=C(CC[C@]1(c2ccc(F)cc2)NC(=O)NC1=O)N[C@@H]1CC[C@@H](N2CCOCC2)[C@@H]1O. The molecular formula is C21H27FN4O5. The van der Waals surface area contributed by atoms with E-state index in [0.29, 0.717) is 25.2 Å². The summed E-state index contributed by atoms with van der Waals surface area (Å²) in [5.41, 5.74) is -1.04. The van der Waals surface area contributed by atoms with Crippen LogP contribution in [0, 0.1) is 5.82 Å². The fourth-order valence-corrected chi connectivity index (χ4v) is 4.75. The molecule has 0 radical (unpaired) electrons. The van der Waals surface area contributed by atoms with E-state index >= 15 is 0 Å². The number of ether oxygens (including phenoxy) is 1. The van der Waals surface area contributed by atoms with Crippen LogP contribution in [-0.4, -0.2) is 72.3 Å². The van der Waals surface area contributed by atoms with Crippen molar-refractivity contribution in [3.05, 3.63) is 35.6 Å². The molecule has 0 bridgehead atoms. The minimum Gasteiger partial charge on any atom is -0.389 e. The minimum absolute atomic E-state index is 0.0117. The summed E-state index contributed by atoms with van der Waals surface area (Å²) in [5, 5.41) is 18.4. The zero-order chi connectivity index (χ0) is 22.0. The number of hydrogen-bond acceptors (Lipinski definition) is 6. The molecule has 1 aromatic carbocycles. The Kier molecular flexibility index (Phi) is 6.22. The van der Waals surface area contributed by atoms with Crippen molar-refractivity contribution in [2.24, 2.45) is 0 Å². The van der Waals surface area contributed by atoms with Crippen LogP contribution in [0.5, 0.6) is 0 Å². The van der Waals surface area contributed by atoms with Crippen LogP contribution in [0.3, 0.4) is 0 Å². The van der Waals surface area contributed by atoms with Crippen molar-refractivity contribution in [1.82, 2.24) is 20.9 Å². The van der Waals surface area contributed by atoms with Crippen LogP contribution in [0.1, 0.15) is 31.2 Å². The molecule has 4 rings (SSSR count). The monoisotopic (exact) mass is 434 g/mol. The lowest BCUT2D eigenvalue weighted by Gasteiger charge is -2.34. The second kappa shape index (κ2) is 8.89. The molecule has 0 unspecified atom stereocenters. The Balaban J connectivity index is 1.38. The van der Waals surface area contributed by atoms with Gasteiger partial charge in [-0.3, -0.25) is 19.8 Å². The van der Waals surface area contributed by atoms with E-state index in [2.05, 4.69) is 20.9 Å². The van der Waals surface area contributed by atoms with Crippen molar-refractivity contribution < 1.29 is 28.6 Å². The number of aliphatic hydroxyl groups is 1. The summed E-state index contributed by atoms with van der Waals surface area (Å²) >= 11 is 0. The van der Waals surface area contributed by atoms with Gasteiger partial charge in [-0.15, -0.1) is 0 Å². The third kappa shape index (κ3) is 4.41. The van der Waals surface area contributed by atoms with Gasteiger partial charge in [0.2, 0.25) is 5.91 Å². The van der Waals surface area contributed by atoms with Crippen molar-refractivity contribution in [3.63, 3.8) is 0 Å². The molecule has 3 fully saturated rings. The number of carbonyl (C=O) groups excluding carboxylic acids is 3. The summed E-state index contributed by atoms with van der Waals surface area (Å²) in [6, 6.07) is 4.21. The zero-order valence-electron chi connectivity index (χ0n) is 17.1. The van der Waals surface area contributed by atoms with E-state index in [1.807, 2.05) is 0 Å². The van der Waals surface area contributed by atoms with Gasteiger partial charge in [0.05, 0.1) is 25.4 Å². The molecule has 2 aliphatic heterocycles. The van der Waals surface area contributed by atoms with Crippen LogP contribution >= 0.6 is 0 Å². The molecule has 0 aromatic heterocycles. The Morgan fingerprint density at radius 2 is 1.94 bits per heavy atom. The second-order valence-electron chi connectivity index (χ2n) is 8.28. The average molecular weight is 434 g/mol. The van der Waals surface area contributed by atoms with Crippen molar-refractivity contribution in [1.29, 1.82) is 0 Å². The predicted octanol–water partition coefficient (Wildman–Crippen LogP) is -0.0191. The van der Waals surface area contributed by atoms with E-state index in [1.54, 1.807) is 0 Å². The first-order valence-corrected chi connectivity index (χ1v) is 10.6. The standard InChI is InChI=1S/C21H27FN4O5/c22-14-3-1-13(2-4-14)21(19(29)24-20(30)25-21)8-7-17(27)23-15-5-6-16(18(15)28)26-9-11-31-12-10-26/h1-4,15-16,18,28H,5-12H2,(H,23,27)(H2,24,25,29,30)/t15-,16-,18-,21-/m1/s1. The molecule has 1 aliphatic carbocycles. The molecule has 1 aromatic rings. The number of nitrogens with one attached hydrogen (secondary N) is 3. The summed E-state index contributed by atoms with van der Waals surface area (Å²) in [5.74, 6) is -1.36. The molecule has 3 aliphatic rings. The maximum absolute atomic E-state index is 13.3. The largest absolute Gasteiger partial charge is 0.389 e. The number of rotatable bonds is 6. The molecule has 10 heteroatoms. The third-order valence-electron chi connectivity index (χ3n) is 6.45. The molecule has 2 heterocycles. The van der Waals surface area contributed by atoms with E-state index in [4.69, 9.17) is 4.74 Å². The normalized spacial score (nSPS) is 31.4. The van der Waals surface area contributed by atoms with E-state index in [0.717, 1.165) is 19.5 Å². The first kappa shape index (κ1) is 21.7. The Labute approximate surface area is 179 Å². The van der Waals surface area contributed by atoms with Gasteiger partial charge < -0.3 is 20.5 Å². The Hall–Kier alpha value is -2.56. The summed E-state index contributed by atoms with van der Waals surface area (Å²) in [6.45, 7) is 2.80. The highest BCUT2D eigenvalue weighted by Crippen LogP contribution is 2.31. The van der Waals surface area contributed by atoms with Crippen molar-refractivity contribution in [2.45, 2.75) is 49.4 Å². The van der Waals surface area contributed by atoms with Gasteiger partial charge in [-0.05, 0) is 37.0 Å². The highest BCUT2D eigenvalue weighted by molar-refractivity contribution is 6.07. The number of imide groups is 1. The number of urea groups is 1. The van der Waals surface area contributed by atoms with Crippen LogP contribution in [0.25, 0.3) is 0 Å². The Morgan fingerprint density at radius 3 is 2.58 bits per heavy atom. The summed E-state index contributed by atoms with van der Waals surface area (Å²) in [4.78, 5) is 39.2. The lowest BCUT2D eigenvalue weighted by molar-refractivity contribution is -0.126. The molecule has 0 spiro atoms. The highest BCUT2D eigenvalue weighted by Gasteiger charge is 2.48. The van der Waals surface area contributed by atoms with Crippen molar-refractivity contribution in [3.8, 4) is 0 Å². The van der Waals surface area contributed by atoms with Gasteiger partial charge in [0, 0.05) is 25.6 Å². The zero-order valence-corrected chi connectivity index (χ0v) is 17.1. The maximum Gasteiger partial charge on any atom is 0.322 e. The second-order valence-corrected chi connectivity index (χ2v) is 8.28. The van der Waals surface area contributed by atoms with Crippen molar-refractivity contribution >= 4 is 17.8 Å². The molecule has 4 amide bonds. The Morgan fingerprint density at radius 1 is 1.23 bits per heavy atom. The minimum atomic E-state index is -1.44. The first-order chi connectivity index (χ1) is 14.9. The molecule has 31 heavy (non-hydrogen) atoms. The fourth-order valence-electron chi connectivity index (χ4n) is 4.75. The smallest absolute Gasteiger partial charge is 0.322 e. The molecule has 1 saturated carbocycles. The van der Waals surface area contributed by atoms with E-state index < -0.39 is 29.4 Å². The number of nitrogens with zero attached hydrogens (tertiary/aromatic N) is 1. The van der Waals surface area contributed by atoms with Crippen LogP contribution in [0.4, 0.5) is 9.18 Å². The molecule has 168 valence electrons.